The Morgan fingerprint density at radius 3 is 2.65 bits per heavy atom. The van der Waals surface area contributed by atoms with Gasteiger partial charge in [0.25, 0.3) is 0 Å². The quantitative estimate of drug-likeness (QED) is 0.595. The van der Waals surface area contributed by atoms with Gasteiger partial charge in [-0.2, -0.15) is 5.26 Å². The summed E-state index contributed by atoms with van der Waals surface area (Å²) in [6, 6.07) is 14.7. The first kappa shape index (κ1) is 14.7. The highest BCUT2D eigenvalue weighted by Gasteiger charge is 2.11. The standard InChI is InChI=1S/C18H15N3O2/c1-2-23-18(22)12-3-6-15(7-4-12)21-11-13(10-19)16-9-14(20)5-8-17(16)21/h3-9,11H,2,20H2,1H3. The predicted octanol–water partition coefficient (Wildman–Crippen LogP) is 3.26. The molecule has 0 spiro atoms. The van der Waals surface area contributed by atoms with Crippen molar-refractivity contribution in [3.63, 3.8) is 0 Å². The Balaban J connectivity index is 2.07. The molecule has 0 unspecified atom stereocenters. The third kappa shape index (κ3) is 2.62. The van der Waals surface area contributed by atoms with Crippen LogP contribution in [0, 0.1) is 11.3 Å². The zero-order chi connectivity index (χ0) is 16.4. The molecular formula is C18H15N3O2. The minimum absolute atomic E-state index is 0.343. The van der Waals surface area contributed by atoms with Gasteiger partial charge in [0.15, 0.2) is 0 Å². The van der Waals surface area contributed by atoms with Crippen molar-refractivity contribution in [3.8, 4) is 11.8 Å². The van der Waals surface area contributed by atoms with E-state index in [1.165, 1.54) is 0 Å². The molecule has 0 aliphatic carbocycles. The molecule has 0 saturated carbocycles. The van der Waals surface area contributed by atoms with Crippen molar-refractivity contribution in [2.24, 2.45) is 0 Å². The van der Waals surface area contributed by atoms with E-state index < -0.39 is 0 Å². The summed E-state index contributed by atoms with van der Waals surface area (Å²) in [6.45, 7) is 2.11. The van der Waals surface area contributed by atoms with E-state index in [9.17, 15) is 10.1 Å². The molecule has 5 heteroatoms. The van der Waals surface area contributed by atoms with E-state index in [1.54, 1.807) is 37.4 Å². The molecule has 0 atom stereocenters. The second-order valence-electron chi connectivity index (χ2n) is 5.07. The van der Waals surface area contributed by atoms with Crippen molar-refractivity contribution in [2.45, 2.75) is 6.92 Å². The van der Waals surface area contributed by atoms with Crippen molar-refractivity contribution in [1.29, 1.82) is 5.26 Å². The molecule has 2 aromatic carbocycles. The van der Waals surface area contributed by atoms with Gasteiger partial charge >= 0.3 is 5.97 Å². The van der Waals surface area contributed by atoms with Crippen LogP contribution in [0.25, 0.3) is 16.6 Å². The van der Waals surface area contributed by atoms with Crippen molar-refractivity contribution in [3.05, 3.63) is 59.8 Å². The molecule has 0 fully saturated rings. The van der Waals surface area contributed by atoms with Crippen LogP contribution in [0.4, 0.5) is 5.69 Å². The first-order valence-corrected chi connectivity index (χ1v) is 7.22. The number of ether oxygens (including phenoxy) is 1. The maximum absolute atomic E-state index is 11.7. The summed E-state index contributed by atoms with van der Waals surface area (Å²) in [5.41, 5.74) is 9.22. The van der Waals surface area contributed by atoms with E-state index in [0.29, 0.717) is 23.4 Å². The molecule has 0 aliphatic rings. The molecule has 1 heterocycles. The van der Waals surface area contributed by atoms with Gasteiger partial charge in [0, 0.05) is 23.0 Å². The molecule has 0 aliphatic heterocycles. The van der Waals surface area contributed by atoms with Gasteiger partial charge in [-0.15, -0.1) is 0 Å². The Kier molecular flexibility index (Phi) is 3.73. The molecule has 5 nitrogen and oxygen atoms in total. The van der Waals surface area contributed by atoms with Gasteiger partial charge in [0.2, 0.25) is 0 Å². The molecule has 0 saturated heterocycles. The van der Waals surface area contributed by atoms with E-state index in [2.05, 4.69) is 6.07 Å². The Morgan fingerprint density at radius 1 is 1.26 bits per heavy atom. The number of hydrogen-bond acceptors (Lipinski definition) is 4. The fourth-order valence-corrected chi connectivity index (χ4v) is 2.52. The third-order valence-corrected chi connectivity index (χ3v) is 3.61. The first-order valence-electron chi connectivity index (χ1n) is 7.22. The number of nitrogens with zero attached hydrogens (tertiary/aromatic N) is 2. The molecule has 0 bridgehead atoms. The highest BCUT2D eigenvalue weighted by molar-refractivity contribution is 5.91. The smallest absolute Gasteiger partial charge is 0.338 e. The Morgan fingerprint density at radius 2 is 2.00 bits per heavy atom. The Bertz CT molecular complexity index is 918. The van der Waals surface area contributed by atoms with Crippen molar-refractivity contribution >= 4 is 22.6 Å². The molecule has 23 heavy (non-hydrogen) atoms. The van der Waals surface area contributed by atoms with Crippen molar-refractivity contribution < 1.29 is 9.53 Å². The number of rotatable bonds is 3. The minimum Gasteiger partial charge on any atom is -0.462 e. The maximum Gasteiger partial charge on any atom is 0.338 e. The summed E-state index contributed by atoms with van der Waals surface area (Å²) in [6.07, 6.45) is 1.77. The zero-order valence-corrected chi connectivity index (χ0v) is 12.6. The summed E-state index contributed by atoms with van der Waals surface area (Å²) >= 11 is 0. The van der Waals surface area contributed by atoms with Gasteiger partial charge in [0.05, 0.1) is 23.3 Å². The van der Waals surface area contributed by atoms with Gasteiger partial charge in [-0.25, -0.2) is 4.79 Å². The van der Waals surface area contributed by atoms with E-state index in [0.717, 1.165) is 16.6 Å². The number of benzene rings is 2. The molecule has 0 radical (unpaired) electrons. The largest absolute Gasteiger partial charge is 0.462 e. The van der Waals surface area contributed by atoms with Crippen LogP contribution in [0.1, 0.15) is 22.8 Å². The Hall–Kier alpha value is -3.26. The lowest BCUT2D eigenvalue weighted by atomic mass is 10.1. The van der Waals surface area contributed by atoms with Crippen LogP contribution >= 0.6 is 0 Å². The number of esters is 1. The van der Waals surface area contributed by atoms with Gasteiger partial charge in [0.1, 0.15) is 6.07 Å². The van der Waals surface area contributed by atoms with E-state index >= 15 is 0 Å². The van der Waals surface area contributed by atoms with E-state index in [-0.39, 0.29) is 5.97 Å². The van der Waals surface area contributed by atoms with Gasteiger partial charge in [-0.05, 0) is 49.4 Å². The molecule has 1 aromatic heterocycles. The third-order valence-electron chi connectivity index (χ3n) is 3.61. The van der Waals surface area contributed by atoms with Crippen molar-refractivity contribution in [1.82, 2.24) is 4.57 Å². The molecule has 114 valence electrons. The number of nitriles is 1. The minimum atomic E-state index is -0.345. The van der Waals surface area contributed by atoms with Crippen molar-refractivity contribution in [2.75, 3.05) is 12.3 Å². The van der Waals surface area contributed by atoms with Crippen LogP contribution in [0.15, 0.2) is 48.7 Å². The zero-order valence-electron chi connectivity index (χ0n) is 12.6. The summed E-state index contributed by atoms with van der Waals surface area (Å²) in [5, 5.41) is 10.1. The fourth-order valence-electron chi connectivity index (χ4n) is 2.52. The number of anilines is 1. The molecular weight excluding hydrogens is 290 g/mol. The summed E-state index contributed by atoms with van der Waals surface area (Å²) in [5.74, 6) is -0.345. The number of nitrogens with two attached hydrogens (primary N) is 1. The molecule has 0 amide bonds. The van der Waals surface area contributed by atoms with Crippen LogP contribution in [0.3, 0.4) is 0 Å². The average molecular weight is 305 g/mol. The lowest BCUT2D eigenvalue weighted by molar-refractivity contribution is 0.0526. The number of hydrogen-bond donors (Lipinski definition) is 1. The average Bonchev–Trinajstić information content (AvgIpc) is 2.93. The topological polar surface area (TPSA) is 81.0 Å². The SMILES string of the molecule is CCOC(=O)c1ccc(-n2cc(C#N)c3cc(N)ccc32)cc1. The van der Waals surface area contributed by atoms with Crippen LogP contribution in [0.5, 0.6) is 0 Å². The van der Waals surface area contributed by atoms with E-state index in [1.807, 2.05) is 22.8 Å². The monoisotopic (exact) mass is 305 g/mol. The number of carbonyl (C=O) groups is 1. The molecule has 3 rings (SSSR count). The highest BCUT2D eigenvalue weighted by atomic mass is 16.5. The lowest BCUT2D eigenvalue weighted by Crippen LogP contribution is -2.04. The Labute approximate surface area is 133 Å². The van der Waals surface area contributed by atoms with Crippen LogP contribution in [-0.2, 0) is 4.74 Å². The second kappa shape index (κ2) is 5.85. The van der Waals surface area contributed by atoms with Gasteiger partial charge in [-0.1, -0.05) is 0 Å². The predicted molar refractivity (Wildman–Crippen MR) is 88.4 cm³/mol. The van der Waals surface area contributed by atoms with Gasteiger partial charge < -0.3 is 15.0 Å². The maximum atomic E-state index is 11.7. The number of nitrogen functional groups attached to an aromatic ring is 1. The summed E-state index contributed by atoms with van der Waals surface area (Å²) in [4.78, 5) is 11.7. The normalized spacial score (nSPS) is 10.4. The number of aromatic nitrogens is 1. The van der Waals surface area contributed by atoms with Crippen LogP contribution in [0.2, 0.25) is 0 Å². The summed E-state index contributed by atoms with van der Waals surface area (Å²) < 4.78 is 6.88. The fraction of sp³-hybridized carbons (Fsp3) is 0.111. The summed E-state index contributed by atoms with van der Waals surface area (Å²) in [7, 11) is 0. The highest BCUT2D eigenvalue weighted by Crippen LogP contribution is 2.26. The second-order valence-corrected chi connectivity index (χ2v) is 5.07. The van der Waals surface area contributed by atoms with Crippen LogP contribution < -0.4 is 5.73 Å². The van der Waals surface area contributed by atoms with E-state index in [4.69, 9.17) is 10.5 Å². The van der Waals surface area contributed by atoms with Crippen LogP contribution in [-0.4, -0.2) is 17.1 Å². The molecule has 2 N–H and O–H groups in total. The number of carbonyl (C=O) groups excluding carboxylic acids is 1. The first-order chi connectivity index (χ1) is 11.1. The van der Waals surface area contributed by atoms with Gasteiger partial charge in [-0.3, -0.25) is 0 Å². The molecule has 3 aromatic rings. The number of fused-ring (bicyclic) bond motifs is 1. The lowest BCUT2D eigenvalue weighted by Gasteiger charge is -2.07.